The van der Waals surface area contributed by atoms with E-state index in [1.165, 1.54) is 19.1 Å². The van der Waals surface area contributed by atoms with Crippen molar-refractivity contribution < 1.29 is 19.1 Å². The van der Waals surface area contributed by atoms with E-state index in [1.54, 1.807) is 6.07 Å². The number of halogens is 1. The quantitative estimate of drug-likeness (QED) is 0.858. The first-order chi connectivity index (χ1) is 9.92. The highest BCUT2D eigenvalue weighted by Gasteiger charge is 2.16. The molecule has 6 heteroatoms. The fourth-order valence-electron chi connectivity index (χ4n) is 2.04. The SMILES string of the molecule is CCCc1cc(=O)oc2cc(O[C@@H](C)C(=O)O)c(Cl)cc12. The van der Waals surface area contributed by atoms with E-state index in [0.29, 0.717) is 5.58 Å². The number of ether oxygens (including phenoxy) is 1. The minimum atomic E-state index is -1.10. The van der Waals surface area contributed by atoms with Crippen LogP contribution in [0.5, 0.6) is 5.75 Å². The summed E-state index contributed by atoms with van der Waals surface area (Å²) in [7, 11) is 0. The van der Waals surface area contributed by atoms with E-state index in [1.807, 2.05) is 6.92 Å². The zero-order valence-electron chi connectivity index (χ0n) is 11.7. The average Bonchev–Trinajstić information content (AvgIpc) is 2.40. The highest BCUT2D eigenvalue weighted by molar-refractivity contribution is 6.32. The lowest BCUT2D eigenvalue weighted by molar-refractivity contribution is -0.144. The first-order valence-electron chi connectivity index (χ1n) is 6.58. The van der Waals surface area contributed by atoms with E-state index in [-0.39, 0.29) is 10.8 Å². The molecule has 0 aliphatic rings. The molecule has 0 saturated heterocycles. The summed E-state index contributed by atoms with van der Waals surface area (Å²) in [4.78, 5) is 22.4. The predicted octanol–water partition coefficient (Wildman–Crippen LogP) is 3.25. The molecule has 21 heavy (non-hydrogen) atoms. The van der Waals surface area contributed by atoms with Gasteiger partial charge in [0.05, 0.1) is 5.02 Å². The number of carboxylic acids is 1. The van der Waals surface area contributed by atoms with E-state index in [0.717, 1.165) is 23.8 Å². The Balaban J connectivity index is 2.54. The lowest BCUT2D eigenvalue weighted by Gasteiger charge is -2.13. The van der Waals surface area contributed by atoms with Crippen molar-refractivity contribution in [1.29, 1.82) is 0 Å². The minimum Gasteiger partial charge on any atom is -0.479 e. The Morgan fingerprint density at radius 1 is 1.43 bits per heavy atom. The smallest absolute Gasteiger partial charge is 0.344 e. The maximum atomic E-state index is 11.6. The Morgan fingerprint density at radius 3 is 2.76 bits per heavy atom. The second-order valence-corrected chi connectivity index (χ2v) is 5.12. The van der Waals surface area contributed by atoms with Gasteiger partial charge >= 0.3 is 11.6 Å². The molecule has 0 spiro atoms. The number of hydrogen-bond donors (Lipinski definition) is 1. The lowest BCUT2D eigenvalue weighted by Crippen LogP contribution is -2.23. The molecule has 2 rings (SSSR count). The van der Waals surface area contributed by atoms with Gasteiger partial charge in [0, 0.05) is 17.5 Å². The van der Waals surface area contributed by atoms with Crippen molar-refractivity contribution in [2.24, 2.45) is 0 Å². The molecule has 5 nitrogen and oxygen atoms in total. The molecule has 0 aliphatic carbocycles. The van der Waals surface area contributed by atoms with E-state index in [4.69, 9.17) is 25.9 Å². The van der Waals surface area contributed by atoms with Crippen LogP contribution in [0.3, 0.4) is 0 Å². The monoisotopic (exact) mass is 310 g/mol. The van der Waals surface area contributed by atoms with E-state index in [2.05, 4.69) is 0 Å². The molecule has 0 aliphatic heterocycles. The third kappa shape index (κ3) is 3.36. The second-order valence-electron chi connectivity index (χ2n) is 4.72. The van der Waals surface area contributed by atoms with Crippen LogP contribution in [0, 0.1) is 0 Å². The predicted molar refractivity (Wildman–Crippen MR) is 79.2 cm³/mol. The standard InChI is InChI=1S/C15H15ClO5/c1-3-4-9-5-14(17)21-12-7-13(11(16)6-10(9)12)20-8(2)15(18)19/h5-8H,3-4H2,1-2H3,(H,18,19)/t8-/m0/s1. The summed E-state index contributed by atoms with van der Waals surface area (Å²) in [6.45, 7) is 3.40. The molecule has 0 amide bonds. The number of aryl methyl sites for hydroxylation is 1. The number of aliphatic carboxylic acids is 1. The molecule has 1 N–H and O–H groups in total. The summed E-state index contributed by atoms with van der Waals surface area (Å²) in [5, 5.41) is 9.88. The number of benzene rings is 1. The van der Waals surface area contributed by atoms with Crippen molar-refractivity contribution >= 4 is 28.5 Å². The van der Waals surface area contributed by atoms with Gasteiger partial charge in [-0.2, -0.15) is 0 Å². The molecule has 1 heterocycles. The summed E-state index contributed by atoms with van der Waals surface area (Å²) < 4.78 is 10.4. The normalized spacial score (nSPS) is 12.3. The average molecular weight is 311 g/mol. The van der Waals surface area contributed by atoms with Crippen LogP contribution in [0.15, 0.2) is 27.4 Å². The zero-order valence-corrected chi connectivity index (χ0v) is 12.4. The Kier molecular flexibility index (Phi) is 4.53. The number of fused-ring (bicyclic) bond motifs is 1. The van der Waals surface area contributed by atoms with Gasteiger partial charge in [-0.1, -0.05) is 24.9 Å². The number of carbonyl (C=O) groups is 1. The molecule has 0 saturated carbocycles. The summed E-state index contributed by atoms with van der Waals surface area (Å²) in [6.07, 6.45) is 0.555. The highest BCUT2D eigenvalue weighted by Crippen LogP contribution is 2.32. The van der Waals surface area contributed by atoms with Crippen LogP contribution in [0.4, 0.5) is 0 Å². The molecule has 0 unspecified atom stereocenters. The van der Waals surface area contributed by atoms with Gasteiger partial charge in [-0.05, 0) is 25.0 Å². The van der Waals surface area contributed by atoms with Gasteiger partial charge < -0.3 is 14.3 Å². The van der Waals surface area contributed by atoms with Gasteiger partial charge in [-0.25, -0.2) is 9.59 Å². The van der Waals surface area contributed by atoms with Gasteiger partial charge in [0.25, 0.3) is 0 Å². The second kappa shape index (κ2) is 6.18. The first-order valence-corrected chi connectivity index (χ1v) is 6.96. The van der Waals surface area contributed by atoms with E-state index in [9.17, 15) is 9.59 Å². The Bertz CT molecular complexity index is 735. The van der Waals surface area contributed by atoms with Gasteiger partial charge in [0.15, 0.2) is 6.10 Å². The minimum absolute atomic E-state index is 0.177. The maximum Gasteiger partial charge on any atom is 0.344 e. The van der Waals surface area contributed by atoms with Crippen LogP contribution in [0.25, 0.3) is 11.0 Å². The van der Waals surface area contributed by atoms with Gasteiger partial charge in [-0.3, -0.25) is 0 Å². The Morgan fingerprint density at radius 2 is 2.14 bits per heavy atom. The molecule has 1 aromatic carbocycles. The summed E-state index contributed by atoms with van der Waals surface area (Å²) in [5.74, 6) is -0.928. The van der Waals surface area contributed by atoms with Crippen LogP contribution >= 0.6 is 11.6 Å². The molecular formula is C15H15ClO5. The molecular weight excluding hydrogens is 296 g/mol. The van der Waals surface area contributed by atoms with E-state index < -0.39 is 17.7 Å². The first kappa shape index (κ1) is 15.4. The van der Waals surface area contributed by atoms with Crippen LogP contribution < -0.4 is 10.4 Å². The van der Waals surface area contributed by atoms with Crippen LogP contribution in [-0.4, -0.2) is 17.2 Å². The fourth-order valence-corrected chi connectivity index (χ4v) is 2.24. The van der Waals surface area contributed by atoms with Crippen LogP contribution in [0.2, 0.25) is 5.02 Å². The molecule has 2 aromatic rings. The number of carboxylic acid groups (broad SMARTS) is 1. The molecule has 0 bridgehead atoms. The third-order valence-corrected chi connectivity index (χ3v) is 3.35. The maximum absolute atomic E-state index is 11.6. The molecule has 112 valence electrons. The van der Waals surface area contributed by atoms with Gasteiger partial charge in [0.2, 0.25) is 0 Å². The van der Waals surface area contributed by atoms with Crippen molar-refractivity contribution in [3.05, 3.63) is 39.2 Å². The summed E-state index contributed by atoms with van der Waals surface area (Å²) in [6, 6.07) is 4.54. The van der Waals surface area contributed by atoms with Crippen LogP contribution in [0.1, 0.15) is 25.8 Å². The van der Waals surface area contributed by atoms with Crippen LogP contribution in [-0.2, 0) is 11.2 Å². The highest BCUT2D eigenvalue weighted by atomic mass is 35.5. The molecule has 0 fully saturated rings. The van der Waals surface area contributed by atoms with Crippen molar-refractivity contribution in [2.45, 2.75) is 32.8 Å². The lowest BCUT2D eigenvalue weighted by atomic mass is 10.1. The Labute approximate surface area is 126 Å². The van der Waals surface area contributed by atoms with Crippen molar-refractivity contribution in [1.82, 2.24) is 0 Å². The van der Waals surface area contributed by atoms with E-state index >= 15 is 0 Å². The molecule has 1 atom stereocenters. The van der Waals surface area contributed by atoms with Crippen molar-refractivity contribution in [3.8, 4) is 5.75 Å². The van der Waals surface area contributed by atoms with Crippen molar-refractivity contribution in [2.75, 3.05) is 0 Å². The topological polar surface area (TPSA) is 76.7 Å². The Hall–Kier alpha value is -2.01. The largest absolute Gasteiger partial charge is 0.479 e. The summed E-state index contributed by atoms with van der Waals surface area (Å²) >= 11 is 6.13. The number of rotatable bonds is 5. The molecule has 1 aromatic heterocycles. The van der Waals surface area contributed by atoms with Gasteiger partial charge in [-0.15, -0.1) is 0 Å². The van der Waals surface area contributed by atoms with Gasteiger partial charge in [0.1, 0.15) is 11.3 Å². The molecule has 0 radical (unpaired) electrons. The fraction of sp³-hybridized carbons (Fsp3) is 0.333. The summed E-state index contributed by atoms with van der Waals surface area (Å²) in [5.41, 5.74) is 0.733. The van der Waals surface area contributed by atoms with Crippen molar-refractivity contribution in [3.63, 3.8) is 0 Å². The number of hydrogen-bond acceptors (Lipinski definition) is 4. The zero-order chi connectivity index (χ0) is 15.6. The third-order valence-electron chi connectivity index (χ3n) is 3.05.